The highest BCUT2D eigenvalue weighted by molar-refractivity contribution is 5.87. The van der Waals surface area contributed by atoms with Crippen molar-refractivity contribution < 1.29 is 14.3 Å². The molecule has 1 fully saturated rings. The van der Waals surface area contributed by atoms with Crippen molar-refractivity contribution in [2.24, 2.45) is 0 Å². The summed E-state index contributed by atoms with van der Waals surface area (Å²) in [5.41, 5.74) is 0. The van der Waals surface area contributed by atoms with Gasteiger partial charge in [0, 0.05) is 18.9 Å². The maximum Gasteiger partial charge on any atom is 0.278 e. The van der Waals surface area contributed by atoms with Crippen LogP contribution in [-0.2, 0) is 4.79 Å². The second-order valence-electron chi connectivity index (χ2n) is 4.54. The first-order chi connectivity index (χ1) is 9.74. The van der Waals surface area contributed by atoms with Gasteiger partial charge in [0.1, 0.15) is 6.10 Å². The van der Waals surface area contributed by atoms with Gasteiger partial charge in [-0.25, -0.2) is 9.97 Å². The molecular weight excluding hydrogens is 258 g/mol. The number of aromatic nitrogens is 2. The molecule has 1 amide bonds. The van der Waals surface area contributed by atoms with Crippen LogP contribution in [0.25, 0.3) is 0 Å². The minimum absolute atomic E-state index is 0.0203. The lowest BCUT2D eigenvalue weighted by atomic mass is 10.1. The lowest BCUT2D eigenvalue weighted by Gasteiger charge is -2.32. The van der Waals surface area contributed by atoms with Crippen molar-refractivity contribution in [1.82, 2.24) is 14.9 Å². The zero-order chi connectivity index (χ0) is 14.4. The first-order valence-electron chi connectivity index (χ1n) is 6.68. The SMILES string of the molecule is C/C=C/C(=O)N1CCCC(Oc2nccnc2OC)C1. The van der Waals surface area contributed by atoms with Crippen LogP contribution >= 0.6 is 0 Å². The number of methoxy groups -OCH3 is 1. The predicted octanol–water partition coefficient (Wildman–Crippen LogP) is 1.43. The van der Waals surface area contributed by atoms with Gasteiger partial charge in [-0.1, -0.05) is 6.08 Å². The van der Waals surface area contributed by atoms with Crippen LogP contribution < -0.4 is 9.47 Å². The maximum atomic E-state index is 11.9. The molecular formula is C14H19N3O3. The summed E-state index contributed by atoms with van der Waals surface area (Å²) in [6.45, 7) is 3.16. The van der Waals surface area contributed by atoms with E-state index in [0.29, 0.717) is 18.3 Å². The number of allylic oxidation sites excluding steroid dienone is 1. The number of nitrogens with zero attached hydrogens (tertiary/aromatic N) is 3. The van der Waals surface area contributed by atoms with E-state index in [9.17, 15) is 4.79 Å². The lowest BCUT2D eigenvalue weighted by Crippen LogP contribution is -2.43. The van der Waals surface area contributed by atoms with Crippen LogP contribution in [0.4, 0.5) is 0 Å². The van der Waals surface area contributed by atoms with Gasteiger partial charge in [0.05, 0.1) is 13.7 Å². The Morgan fingerprint density at radius 2 is 2.15 bits per heavy atom. The van der Waals surface area contributed by atoms with E-state index in [-0.39, 0.29) is 12.0 Å². The van der Waals surface area contributed by atoms with Gasteiger partial charge >= 0.3 is 0 Å². The Morgan fingerprint density at radius 3 is 2.85 bits per heavy atom. The number of carbonyl (C=O) groups is 1. The van der Waals surface area contributed by atoms with Crippen LogP contribution in [0.5, 0.6) is 11.8 Å². The third-order valence-electron chi connectivity index (χ3n) is 3.10. The zero-order valence-electron chi connectivity index (χ0n) is 11.8. The largest absolute Gasteiger partial charge is 0.477 e. The van der Waals surface area contributed by atoms with E-state index in [1.807, 2.05) is 6.92 Å². The molecule has 1 atom stereocenters. The molecule has 6 heteroatoms. The van der Waals surface area contributed by atoms with Gasteiger partial charge in [-0.05, 0) is 25.8 Å². The van der Waals surface area contributed by atoms with E-state index >= 15 is 0 Å². The highest BCUT2D eigenvalue weighted by atomic mass is 16.5. The van der Waals surface area contributed by atoms with Crippen LogP contribution in [-0.4, -0.2) is 47.1 Å². The number of rotatable bonds is 4. The first-order valence-corrected chi connectivity index (χ1v) is 6.68. The summed E-state index contributed by atoms with van der Waals surface area (Å²) < 4.78 is 10.9. The van der Waals surface area contributed by atoms with Gasteiger partial charge in [-0.15, -0.1) is 0 Å². The average Bonchev–Trinajstić information content (AvgIpc) is 2.48. The topological polar surface area (TPSA) is 64.6 Å². The minimum atomic E-state index is -0.0800. The molecule has 0 radical (unpaired) electrons. The molecule has 1 saturated heterocycles. The van der Waals surface area contributed by atoms with Crippen molar-refractivity contribution in [3.05, 3.63) is 24.5 Å². The van der Waals surface area contributed by atoms with Crippen molar-refractivity contribution in [2.75, 3.05) is 20.2 Å². The van der Waals surface area contributed by atoms with E-state index in [1.54, 1.807) is 29.4 Å². The van der Waals surface area contributed by atoms with Gasteiger partial charge < -0.3 is 14.4 Å². The molecule has 0 aromatic carbocycles. The molecule has 1 aromatic rings. The Kier molecular flexibility index (Phi) is 4.92. The molecule has 0 bridgehead atoms. The van der Waals surface area contributed by atoms with Crippen LogP contribution in [0.15, 0.2) is 24.5 Å². The Hall–Kier alpha value is -2.11. The van der Waals surface area contributed by atoms with Gasteiger partial charge in [-0.3, -0.25) is 4.79 Å². The summed E-state index contributed by atoms with van der Waals surface area (Å²) in [5, 5.41) is 0. The third-order valence-corrected chi connectivity index (χ3v) is 3.10. The van der Waals surface area contributed by atoms with E-state index in [2.05, 4.69) is 9.97 Å². The number of likely N-dealkylation sites (tertiary alicyclic amines) is 1. The summed E-state index contributed by atoms with van der Waals surface area (Å²) in [5.74, 6) is 0.761. The molecule has 2 heterocycles. The Labute approximate surface area is 118 Å². The van der Waals surface area contributed by atoms with E-state index in [0.717, 1.165) is 19.4 Å². The van der Waals surface area contributed by atoms with Crippen LogP contribution in [0.1, 0.15) is 19.8 Å². The fourth-order valence-electron chi connectivity index (χ4n) is 2.17. The average molecular weight is 277 g/mol. The van der Waals surface area contributed by atoms with Crippen molar-refractivity contribution in [1.29, 1.82) is 0 Å². The fraction of sp³-hybridized carbons (Fsp3) is 0.500. The number of amides is 1. The number of ether oxygens (including phenoxy) is 2. The normalized spacial score (nSPS) is 19.1. The third kappa shape index (κ3) is 3.46. The zero-order valence-corrected chi connectivity index (χ0v) is 11.8. The maximum absolute atomic E-state index is 11.9. The minimum Gasteiger partial charge on any atom is -0.477 e. The van der Waals surface area contributed by atoms with Crippen molar-refractivity contribution in [2.45, 2.75) is 25.9 Å². The summed E-state index contributed by atoms with van der Waals surface area (Å²) in [6.07, 6.45) is 8.15. The molecule has 1 aliphatic rings. The highest BCUT2D eigenvalue weighted by Crippen LogP contribution is 2.23. The highest BCUT2D eigenvalue weighted by Gasteiger charge is 2.25. The number of hydrogen-bond acceptors (Lipinski definition) is 5. The standard InChI is InChI=1S/C14H19N3O3/c1-3-5-12(18)17-9-4-6-11(10-17)20-14-13(19-2)15-7-8-16-14/h3,5,7-8,11H,4,6,9-10H2,1-2H3/b5-3+. The monoisotopic (exact) mass is 277 g/mol. The number of carbonyl (C=O) groups excluding carboxylic acids is 1. The van der Waals surface area contributed by atoms with Gasteiger partial charge in [0.15, 0.2) is 0 Å². The molecule has 2 rings (SSSR count). The van der Waals surface area contributed by atoms with Crippen LogP contribution in [0, 0.1) is 0 Å². The predicted molar refractivity (Wildman–Crippen MR) is 73.6 cm³/mol. The second kappa shape index (κ2) is 6.88. The van der Waals surface area contributed by atoms with Gasteiger partial charge in [0.2, 0.25) is 5.91 Å². The van der Waals surface area contributed by atoms with E-state index in [1.165, 1.54) is 7.11 Å². The summed E-state index contributed by atoms with van der Waals surface area (Å²) in [6, 6.07) is 0. The van der Waals surface area contributed by atoms with Crippen molar-refractivity contribution in [3.63, 3.8) is 0 Å². The fourth-order valence-corrected chi connectivity index (χ4v) is 2.17. The van der Waals surface area contributed by atoms with Crippen molar-refractivity contribution >= 4 is 5.91 Å². The Bertz CT molecular complexity index is 490. The molecule has 6 nitrogen and oxygen atoms in total. The number of piperidine rings is 1. The molecule has 1 unspecified atom stereocenters. The van der Waals surface area contributed by atoms with E-state index < -0.39 is 0 Å². The summed E-state index contributed by atoms with van der Waals surface area (Å²) >= 11 is 0. The molecule has 0 N–H and O–H groups in total. The molecule has 20 heavy (non-hydrogen) atoms. The van der Waals surface area contributed by atoms with Crippen molar-refractivity contribution in [3.8, 4) is 11.8 Å². The number of hydrogen-bond donors (Lipinski definition) is 0. The molecule has 1 aromatic heterocycles. The first kappa shape index (κ1) is 14.3. The Morgan fingerprint density at radius 1 is 1.40 bits per heavy atom. The summed E-state index contributed by atoms with van der Waals surface area (Å²) in [7, 11) is 1.53. The summed E-state index contributed by atoms with van der Waals surface area (Å²) in [4.78, 5) is 21.8. The Balaban J connectivity index is 2.01. The molecule has 108 valence electrons. The molecule has 1 aliphatic heterocycles. The van der Waals surface area contributed by atoms with Gasteiger partial charge in [0.25, 0.3) is 11.8 Å². The van der Waals surface area contributed by atoms with Crippen LogP contribution in [0.2, 0.25) is 0 Å². The van der Waals surface area contributed by atoms with E-state index in [4.69, 9.17) is 9.47 Å². The lowest BCUT2D eigenvalue weighted by molar-refractivity contribution is -0.128. The van der Waals surface area contributed by atoms with Crippen LogP contribution in [0.3, 0.4) is 0 Å². The second-order valence-corrected chi connectivity index (χ2v) is 4.54. The molecule has 0 aliphatic carbocycles. The smallest absolute Gasteiger partial charge is 0.278 e. The molecule has 0 spiro atoms. The molecule has 0 saturated carbocycles. The quantitative estimate of drug-likeness (QED) is 0.779. The van der Waals surface area contributed by atoms with Gasteiger partial charge in [-0.2, -0.15) is 0 Å².